The highest BCUT2D eigenvalue weighted by Gasteiger charge is 2.38. The van der Waals surface area contributed by atoms with Crippen LogP contribution >= 0.6 is 23.2 Å². The van der Waals surface area contributed by atoms with Crippen molar-refractivity contribution in [1.82, 2.24) is 4.90 Å². The zero-order chi connectivity index (χ0) is 18.9. The van der Waals surface area contributed by atoms with E-state index in [4.69, 9.17) is 32.7 Å². The Bertz CT molecular complexity index is 800. The first-order valence-corrected chi connectivity index (χ1v) is 9.21. The molecule has 1 heterocycles. The average molecular weight is 394 g/mol. The smallest absolute Gasteiger partial charge is 0.410 e. The molecular formula is C20H21Cl2NO3. The van der Waals surface area contributed by atoms with Crippen molar-refractivity contribution in [3.63, 3.8) is 0 Å². The lowest BCUT2D eigenvalue weighted by molar-refractivity contribution is -0.00601. The Morgan fingerprint density at radius 3 is 2.31 bits per heavy atom. The molecule has 0 N–H and O–H groups in total. The van der Waals surface area contributed by atoms with Crippen LogP contribution in [-0.2, 0) is 4.74 Å². The van der Waals surface area contributed by atoms with Crippen LogP contribution in [0, 0.1) is 0 Å². The predicted molar refractivity (Wildman–Crippen MR) is 103 cm³/mol. The maximum Gasteiger partial charge on any atom is 0.410 e. The van der Waals surface area contributed by atoms with Gasteiger partial charge in [-0.05, 0) is 69.7 Å². The summed E-state index contributed by atoms with van der Waals surface area (Å²) >= 11 is 12.1. The second-order valence-corrected chi connectivity index (χ2v) is 8.09. The van der Waals surface area contributed by atoms with Crippen molar-refractivity contribution in [1.29, 1.82) is 0 Å². The van der Waals surface area contributed by atoms with Crippen molar-refractivity contribution in [2.24, 2.45) is 0 Å². The van der Waals surface area contributed by atoms with Crippen LogP contribution in [0.1, 0.15) is 38.8 Å². The third kappa shape index (κ3) is 4.43. The van der Waals surface area contributed by atoms with E-state index in [-0.39, 0.29) is 12.1 Å². The molecule has 1 aliphatic rings. The highest BCUT2D eigenvalue weighted by Crippen LogP contribution is 2.41. The standard InChI is InChI=1S/C20H21Cl2NO3/c1-20(2,3)26-19(24)23-11-10-17(23)16-12-14(22)6-9-18(16)25-15-7-4-13(21)5-8-15/h4-9,12,17H,10-11H2,1-3H3. The van der Waals surface area contributed by atoms with E-state index in [2.05, 4.69) is 0 Å². The Morgan fingerprint density at radius 1 is 1.08 bits per heavy atom. The third-order valence-electron chi connectivity index (χ3n) is 4.02. The minimum atomic E-state index is -0.534. The summed E-state index contributed by atoms with van der Waals surface area (Å²) in [5.74, 6) is 1.33. The number of likely N-dealkylation sites (tertiary alicyclic amines) is 1. The van der Waals surface area contributed by atoms with Gasteiger partial charge in [0.25, 0.3) is 0 Å². The van der Waals surface area contributed by atoms with Gasteiger partial charge in [0.15, 0.2) is 0 Å². The molecule has 2 aromatic carbocycles. The SMILES string of the molecule is CC(C)(C)OC(=O)N1CCC1c1cc(Cl)ccc1Oc1ccc(Cl)cc1. The number of halogens is 2. The van der Waals surface area contributed by atoms with Crippen LogP contribution in [0.15, 0.2) is 42.5 Å². The van der Waals surface area contributed by atoms with Crippen molar-refractivity contribution in [2.45, 2.75) is 38.8 Å². The van der Waals surface area contributed by atoms with Crippen molar-refractivity contribution in [3.05, 3.63) is 58.1 Å². The first kappa shape index (κ1) is 18.9. The monoisotopic (exact) mass is 393 g/mol. The molecule has 0 aliphatic carbocycles. The fourth-order valence-electron chi connectivity index (χ4n) is 2.75. The van der Waals surface area contributed by atoms with Gasteiger partial charge < -0.3 is 14.4 Å². The van der Waals surface area contributed by atoms with Gasteiger partial charge in [-0.2, -0.15) is 0 Å². The fraction of sp³-hybridized carbons (Fsp3) is 0.350. The van der Waals surface area contributed by atoms with Crippen molar-refractivity contribution in [3.8, 4) is 11.5 Å². The molecule has 138 valence electrons. The quantitative estimate of drug-likeness (QED) is 0.599. The second kappa shape index (κ2) is 7.37. The van der Waals surface area contributed by atoms with Crippen LogP contribution in [0.5, 0.6) is 11.5 Å². The molecule has 1 fully saturated rings. The van der Waals surface area contributed by atoms with Gasteiger partial charge in [0.05, 0.1) is 6.04 Å². The van der Waals surface area contributed by atoms with Crippen molar-refractivity contribution < 1.29 is 14.3 Å². The van der Waals surface area contributed by atoms with Gasteiger partial charge in [-0.15, -0.1) is 0 Å². The molecule has 1 atom stereocenters. The average Bonchev–Trinajstić information content (AvgIpc) is 2.49. The molecule has 6 heteroatoms. The van der Waals surface area contributed by atoms with Crippen LogP contribution in [0.25, 0.3) is 0 Å². The van der Waals surface area contributed by atoms with E-state index in [1.54, 1.807) is 35.2 Å². The fourth-order valence-corrected chi connectivity index (χ4v) is 3.06. The normalized spacial score (nSPS) is 16.8. The number of rotatable bonds is 3. The van der Waals surface area contributed by atoms with Gasteiger partial charge in [0, 0.05) is 22.2 Å². The molecule has 2 aromatic rings. The van der Waals surface area contributed by atoms with Crippen LogP contribution in [-0.4, -0.2) is 23.1 Å². The molecule has 1 unspecified atom stereocenters. The highest BCUT2D eigenvalue weighted by molar-refractivity contribution is 6.30. The Hall–Kier alpha value is -1.91. The van der Waals surface area contributed by atoms with Gasteiger partial charge in [-0.1, -0.05) is 23.2 Å². The molecule has 26 heavy (non-hydrogen) atoms. The van der Waals surface area contributed by atoms with Gasteiger partial charge in [-0.25, -0.2) is 4.79 Å². The molecule has 3 rings (SSSR count). The van der Waals surface area contributed by atoms with E-state index >= 15 is 0 Å². The summed E-state index contributed by atoms with van der Waals surface area (Å²) in [6.07, 6.45) is 0.502. The molecule has 4 nitrogen and oxygen atoms in total. The van der Waals surface area contributed by atoms with Crippen molar-refractivity contribution in [2.75, 3.05) is 6.54 Å². The molecule has 1 amide bonds. The number of carbonyl (C=O) groups excluding carboxylic acids is 1. The summed E-state index contributed by atoms with van der Waals surface area (Å²) < 4.78 is 11.5. The number of nitrogens with zero attached hydrogens (tertiary/aromatic N) is 1. The van der Waals surface area contributed by atoms with E-state index in [0.717, 1.165) is 12.0 Å². The number of carbonyl (C=O) groups is 1. The lowest BCUT2D eigenvalue weighted by Crippen LogP contribution is -2.47. The topological polar surface area (TPSA) is 38.8 Å². The summed E-state index contributed by atoms with van der Waals surface area (Å²) in [5.41, 5.74) is 0.332. The highest BCUT2D eigenvalue weighted by atomic mass is 35.5. The Morgan fingerprint density at radius 2 is 1.73 bits per heavy atom. The molecule has 1 saturated heterocycles. The Labute approximate surface area is 163 Å². The van der Waals surface area contributed by atoms with E-state index in [1.165, 1.54) is 0 Å². The number of hydrogen-bond donors (Lipinski definition) is 0. The van der Waals surface area contributed by atoms with E-state index in [1.807, 2.05) is 32.9 Å². The van der Waals surface area contributed by atoms with E-state index in [0.29, 0.717) is 28.1 Å². The molecule has 0 radical (unpaired) electrons. The van der Waals surface area contributed by atoms with Gasteiger partial charge in [-0.3, -0.25) is 0 Å². The summed E-state index contributed by atoms with van der Waals surface area (Å²) in [5, 5.41) is 1.24. The van der Waals surface area contributed by atoms with Gasteiger partial charge >= 0.3 is 6.09 Å². The second-order valence-electron chi connectivity index (χ2n) is 7.22. The van der Waals surface area contributed by atoms with Gasteiger partial charge in [0.1, 0.15) is 17.1 Å². The minimum Gasteiger partial charge on any atom is -0.457 e. The van der Waals surface area contributed by atoms with Crippen LogP contribution in [0.3, 0.4) is 0 Å². The molecule has 0 saturated carbocycles. The molecule has 0 bridgehead atoms. The Kier molecular flexibility index (Phi) is 5.35. The van der Waals surface area contributed by atoms with E-state index in [9.17, 15) is 4.79 Å². The van der Waals surface area contributed by atoms with Crippen LogP contribution in [0.4, 0.5) is 4.79 Å². The number of benzene rings is 2. The first-order valence-electron chi connectivity index (χ1n) is 8.45. The predicted octanol–water partition coefficient (Wildman–Crippen LogP) is 6.47. The summed E-state index contributed by atoms with van der Waals surface area (Å²) in [7, 11) is 0. The maximum atomic E-state index is 12.4. The number of ether oxygens (including phenoxy) is 2. The lowest BCUT2D eigenvalue weighted by atomic mass is 9.94. The molecule has 1 aliphatic heterocycles. The summed E-state index contributed by atoms with van der Waals surface area (Å²) in [4.78, 5) is 14.1. The number of amides is 1. The summed E-state index contributed by atoms with van der Waals surface area (Å²) in [6.45, 7) is 6.21. The maximum absolute atomic E-state index is 12.4. The summed E-state index contributed by atoms with van der Waals surface area (Å²) in [6, 6.07) is 12.4. The van der Waals surface area contributed by atoms with Crippen LogP contribution in [0.2, 0.25) is 10.0 Å². The molecule has 0 aromatic heterocycles. The number of hydrogen-bond acceptors (Lipinski definition) is 3. The largest absolute Gasteiger partial charge is 0.457 e. The van der Waals surface area contributed by atoms with Crippen molar-refractivity contribution >= 4 is 29.3 Å². The van der Waals surface area contributed by atoms with Crippen LogP contribution < -0.4 is 4.74 Å². The first-order chi connectivity index (χ1) is 12.2. The third-order valence-corrected chi connectivity index (χ3v) is 4.51. The van der Waals surface area contributed by atoms with Gasteiger partial charge in [0.2, 0.25) is 0 Å². The Balaban J connectivity index is 1.84. The minimum absolute atomic E-state index is 0.120. The van der Waals surface area contributed by atoms with E-state index < -0.39 is 5.60 Å². The molecular weight excluding hydrogens is 373 g/mol. The zero-order valence-electron chi connectivity index (χ0n) is 15.0. The molecule has 0 spiro atoms. The zero-order valence-corrected chi connectivity index (χ0v) is 16.5. The lowest BCUT2D eigenvalue weighted by Gasteiger charge is -2.42.